The molecule has 3 atom stereocenters. The molecule has 17 heavy (non-hydrogen) atoms. The van der Waals surface area contributed by atoms with Crippen LogP contribution in [0.2, 0.25) is 0 Å². The molecule has 0 heterocycles. The summed E-state index contributed by atoms with van der Waals surface area (Å²) in [4.78, 5) is 13.8. The molecule has 0 aromatic carbocycles. The van der Waals surface area contributed by atoms with Crippen LogP contribution in [0.4, 0.5) is 0 Å². The van der Waals surface area contributed by atoms with E-state index in [1.165, 1.54) is 0 Å². The Bertz CT molecular complexity index is 275. The van der Waals surface area contributed by atoms with Crippen LogP contribution in [0.1, 0.15) is 40.0 Å². The lowest BCUT2D eigenvalue weighted by atomic mass is 9.58. The van der Waals surface area contributed by atoms with Gasteiger partial charge in [0.2, 0.25) is 5.91 Å². The predicted molar refractivity (Wildman–Crippen MR) is 68.6 cm³/mol. The first-order valence-electron chi connectivity index (χ1n) is 6.49. The lowest BCUT2D eigenvalue weighted by Gasteiger charge is -2.58. The first kappa shape index (κ1) is 14.5. The van der Waals surface area contributed by atoms with E-state index in [0.29, 0.717) is 0 Å². The fraction of sp³-hybridized carbons (Fsp3) is 0.923. The quantitative estimate of drug-likeness (QED) is 0.792. The third-order valence-electron chi connectivity index (χ3n) is 4.55. The van der Waals surface area contributed by atoms with Gasteiger partial charge in [-0.15, -0.1) is 0 Å². The van der Waals surface area contributed by atoms with Gasteiger partial charge in [-0.1, -0.05) is 13.8 Å². The van der Waals surface area contributed by atoms with Gasteiger partial charge in [0, 0.05) is 25.6 Å². The molecule has 0 aliphatic heterocycles. The number of carbonyl (C=O) groups excluding carboxylic acids is 1. The molecule has 1 aliphatic rings. The first-order chi connectivity index (χ1) is 7.94. The van der Waals surface area contributed by atoms with Gasteiger partial charge in [0.05, 0.1) is 12.1 Å². The van der Waals surface area contributed by atoms with Gasteiger partial charge in [-0.3, -0.25) is 4.79 Å². The largest absolute Gasteiger partial charge is 0.381 e. The van der Waals surface area contributed by atoms with E-state index < -0.39 is 6.04 Å². The lowest BCUT2D eigenvalue weighted by Crippen LogP contribution is -2.65. The Labute approximate surface area is 104 Å². The van der Waals surface area contributed by atoms with Crippen LogP contribution in [-0.2, 0) is 9.53 Å². The van der Waals surface area contributed by atoms with E-state index in [1.807, 2.05) is 11.9 Å². The van der Waals surface area contributed by atoms with Crippen LogP contribution in [0, 0.1) is 5.41 Å². The van der Waals surface area contributed by atoms with E-state index in [9.17, 15) is 4.79 Å². The number of likely N-dealkylation sites (N-methyl/N-ethyl adjacent to an activating group) is 1. The van der Waals surface area contributed by atoms with Gasteiger partial charge < -0.3 is 15.4 Å². The standard InChI is InChI=1S/C13H26N2O2/c1-6-13(7-2)10(8-11(13)17-5)15(4)12(16)9(3)14/h9-11H,6-8,14H2,1-5H3/t9-,10+,11-/m1/s1. The molecule has 1 aliphatic carbocycles. The van der Waals surface area contributed by atoms with Gasteiger partial charge in [0.1, 0.15) is 0 Å². The van der Waals surface area contributed by atoms with Crippen molar-refractivity contribution < 1.29 is 9.53 Å². The van der Waals surface area contributed by atoms with Crippen molar-refractivity contribution >= 4 is 5.91 Å². The molecule has 0 bridgehead atoms. The minimum Gasteiger partial charge on any atom is -0.381 e. The Hall–Kier alpha value is -0.610. The van der Waals surface area contributed by atoms with Gasteiger partial charge >= 0.3 is 0 Å². The summed E-state index contributed by atoms with van der Waals surface area (Å²) in [6, 6.07) is -0.158. The average Bonchev–Trinajstić information content (AvgIpc) is 2.29. The second-order valence-electron chi connectivity index (χ2n) is 5.15. The van der Waals surface area contributed by atoms with E-state index in [-0.39, 0.29) is 23.5 Å². The fourth-order valence-corrected chi connectivity index (χ4v) is 3.25. The normalized spacial score (nSPS) is 28.4. The Kier molecular flexibility index (Phi) is 4.55. The van der Waals surface area contributed by atoms with Crippen molar-refractivity contribution in [2.75, 3.05) is 14.2 Å². The van der Waals surface area contributed by atoms with Crippen molar-refractivity contribution in [3.05, 3.63) is 0 Å². The molecule has 0 saturated heterocycles. The maximum atomic E-state index is 12.0. The summed E-state index contributed by atoms with van der Waals surface area (Å²) in [5.41, 5.74) is 5.77. The molecular weight excluding hydrogens is 216 g/mol. The number of amides is 1. The number of rotatable bonds is 5. The highest BCUT2D eigenvalue weighted by Crippen LogP contribution is 2.50. The summed E-state index contributed by atoms with van der Waals surface area (Å²) in [6.07, 6.45) is 3.26. The van der Waals surface area contributed by atoms with E-state index in [2.05, 4.69) is 13.8 Å². The third kappa shape index (κ3) is 2.20. The van der Waals surface area contributed by atoms with Crippen LogP contribution in [0.25, 0.3) is 0 Å². The molecule has 100 valence electrons. The van der Waals surface area contributed by atoms with Crippen molar-refractivity contribution in [2.45, 2.75) is 58.2 Å². The van der Waals surface area contributed by atoms with Crippen molar-refractivity contribution in [2.24, 2.45) is 11.1 Å². The van der Waals surface area contributed by atoms with Crippen molar-refractivity contribution in [3.8, 4) is 0 Å². The van der Waals surface area contributed by atoms with Crippen LogP contribution >= 0.6 is 0 Å². The fourth-order valence-electron chi connectivity index (χ4n) is 3.25. The molecule has 1 saturated carbocycles. The van der Waals surface area contributed by atoms with Crippen molar-refractivity contribution in [3.63, 3.8) is 0 Å². The summed E-state index contributed by atoms with van der Waals surface area (Å²) in [6.45, 7) is 6.09. The molecule has 1 amide bonds. The topological polar surface area (TPSA) is 55.6 Å². The Morgan fingerprint density at radius 1 is 1.53 bits per heavy atom. The lowest BCUT2D eigenvalue weighted by molar-refractivity contribution is -0.170. The molecule has 1 rings (SSSR count). The maximum Gasteiger partial charge on any atom is 0.239 e. The van der Waals surface area contributed by atoms with E-state index in [4.69, 9.17) is 10.5 Å². The van der Waals surface area contributed by atoms with Gasteiger partial charge in [0.15, 0.2) is 0 Å². The molecule has 0 radical (unpaired) electrons. The maximum absolute atomic E-state index is 12.0. The number of nitrogens with two attached hydrogens (primary N) is 1. The second kappa shape index (κ2) is 5.36. The molecule has 4 nitrogen and oxygen atoms in total. The number of carbonyl (C=O) groups is 1. The zero-order chi connectivity index (χ0) is 13.2. The number of hydrogen-bond acceptors (Lipinski definition) is 3. The molecule has 0 aromatic heterocycles. The molecule has 4 heteroatoms. The summed E-state index contributed by atoms with van der Waals surface area (Å²) >= 11 is 0. The second-order valence-corrected chi connectivity index (χ2v) is 5.15. The summed E-state index contributed by atoms with van der Waals surface area (Å²) in [5, 5.41) is 0. The van der Waals surface area contributed by atoms with E-state index in [0.717, 1.165) is 19.3 Å². The van der Waals surface area contributed by atoms with Crippen LogP contribution in [0.5, 0.6) is 0 Å². The molecule has 0 unspecified atom stereocenters. The van der Waals surface area contributed by atoms with Crippen LogP contribution in [0.15, 0.2) is 0 Å². The zero-order valence-electron chi connectivity index (χ0n) is 11.7. The minimum atomic E-state index is -0.423. The first-order valence-corrected chi connectivity index (χ1v) is 6.49. The minimum absolute atomic E-state index is 0.0239. The number of methoxy groups -OCH3 is 1. The van der Waals surface area contributed by atoms with E-state index in [1.54, 1.807) is 14.0 Å². The Morgan fingerprint density at radius 3 is 2.41 bits per heavy atom. The Balaban J connectivity index is 2.82. The molecular formula is C13H26N2O2. The van der Waals surface area contributed by atoms with Crippen LogP contribution in [-0.4, -0.2) is 43.2 Å². The summed E-state index contributed by atoms with van der Waals surface area (Å²) in [7, 11) is 3.62. The number of ether oxygens (including phenoxy) is 1. The highest BCUT2D eigenvalue weighted by atomic mass is 16.5. The summed E-state index contributed by atoms with van der Waals surface area (Å²) < 4.78 is 5.54. The van der Waals surface area contributed by atoms with Crippen molar-refractivity contribution in [1.82, 2.24) is 4.90 Å². The van der Waals surface area contributed by atoms with Crippen molar-refractivity contribution in [1.29, 1.82) is 0 Å². The molecule has 2 N–H and O–H groups in total. The van der Waals surface area contributed by atoms with Crippen LogP contribution in [0.3, 0.4) is 0 Å². The summed E-state index contributed by atoms with van der Waals surface area (Å²) in [5.74, 6) is 0.0239. The van der Waals surface area contributed by atoms with Crippen LogP contribution < -0.4 is 5.73 Å². The van der Waals surface area contributed by atoms with Gasteiger partial charge in [-0.25, -0.2) is 0 Å². The Morgan fingerprint density at radius 2 is 2.06 bits per heavy atom. The highest BCUT2D eigenvalue weighted by Gasteiger charge is 2.55. The van der Waals surface area contributed by atoms with E-state index >= 15 is 0 Å². The number of nitrogens with zero attached hydrogens (tertiary/aromatic N) is 1. The monoisotopic (exact) mass is 242 g/mol. The highest BCUT2D eigenvalue weighted by molar-refractivity contribution is 5.81. The SMILES string of the molecule is CCC1(CC)[C@@H](N(C)C(=O)[C@@H](C)N)C[C@H]1OC. The molecule has 0 aromatic rings. The zero-order valence-corrected chi connectivity index (χ0v) is 11.7. The smallest absolute Gasteiger partial charge is 0.239 e. The predicted octanol–water partition coefficient (Wildman–Crippen LogP) is 1.39. The van der Waals surface area contributed by atoms with Gasteiger partial charge in [-0.05, 0) is 26.2 Å². The molecule has 0 spiro atoms. The van der Waals surface area contributed by atoms with Gasteiger partial charge in [-0.2, -0.15) is 0 Å². The average molecular weight is 242 g/mol. The van der Waals surface area contributed by atoms with Gasteiger partial charge in [0.25, 0.3) is 0 Å². The third-order valence-corrected chi connectivity index (χ3v) is 4.55. The number of hydrogen-bond donors (Lipinski definition) is 1. The molecule has 1 fully saturated rings.